The number of fused-ring (bicyclic) bond motifs is 3. The number of benzene rings is 2. The highest BCUT2D eigenvalue weighted by molar-refractivity contribution is 6.30. The molecule has 0 aliphatic heterocycles. The molecule has 0 radical (unpaired) electrons. The lowest BCUT2D eigenvalue weighted by molar-refractivity contribution is 1.01. The number of hydrogen-bond donors (Lipinski definition) is 0. The minimum absolute atomic E-state index is 0.759. The molecule has 0 bridgehead atoms. The van der Waals surface area contributed by atoms with E-state index in [-0.39, 0.29) is 0 Å². The summed E-state index contributed by atoms with van der Waals surface area (Å²) in [6.45, 7) is 0. The van der Waals surface area contributed by atoms with E-state index < -0.39 is 0 Å². The third-order valence-corrected chi connectivity index (χ3v) is 4.20. The van der Waals surface area contributed by atoms with Crippen LogP contribution in [0.2, 0.25) is 5.02 Å². The minimum Gasteiger partial charge on any atom is -0.342 e. The van der Waals surface area contributed by atoms with Gasteiger partial charge in [0.15, 0.2) is 0 Å². The van der Waals surface area contributed by atoms with Crippen LogP contribution in [0.1, 0.15) is 0 Å². The molecule has 2 heterocycles. The molecule has 0 saturated heterocycles. The van der Waals surface area contributed by atoms with Crippen molar-refractivity contribution in [1.29, 1.82) is 0 Å². The van der Waals surface area contributed by atoms with Crippen LogP contribution in [0, 0.1) is 0 Å². The van der Waals surface area contributed by atoms with Gasteiger partial charge in [0, 0.05) is 34.6 Å². The summed E-state index contributed by atoms with van der Waals surface area (Å²) in [5.74, 6) is 0. The lowest BCUT2D eigenvalue weighted by Crippen LogP contribution is -1.86. The summed E-state index contributed by atoms with van der Waals surface area (Å²) < 4.78 is 2.18. The molecule has 0 N–H and O–H groups in total. The molecular weight excluding hydrogens is 280 g/mol. The normalized spacial score (nSPS) is 11.3. The first-order valence-electron chi connectivity index (χ1n) is 6.82. The fraction of sp³-hybridized carbons (Fsp3) is 0.0556. The Bertz CT molecular complexity index is 969. The smallest absolute Gasteiger partial charge is 0.0675 e. The SMILES string of the molecule is Cn1c2ccc(-c3cccc(Cl)c3)cc2c2ccncc21. The average molecular weight is 293 g/mol. The maximum Gasteiger partial charge on any atom is 0.0675 e. The molecule has 0 unspecified atom stereocenters. The summed E-state index contributed by atoms with van der Waals surface area (Å²) in [5.41, 5.74) is 4.67. The average Bonchev–Trinajstić information content (AvgIpc) is 2.81. The summed E-state index contributed by atoms with van der Waals surface area (Å²) in [4.78, 5) is 4.22. The van der Waals surface area contributed by atoms with Crippen LogP contribution in [-0.4, -0.2) is 9.55 Å². The summed E-state index contributed by atoms with van der Waals surface area (Å²) in [7, 11) is 2.07. The molecule has 4 rings (SSSR count). The summed E-state index contributed by atoms with van der Waals surface area (Å²) in [6, 6.07) is 16.5. The number of rotatable bonds is 1. The first kappa shape index (κ1) is 12.4. The van der Waals surface area contributed by atoms with E-state index in [4.69, 9.17) is 11.6 Å². The Hall–Kier alpha value is -2.32. The molecule has 0 fully saturated rings. The van der Waals surface area contributed by atoms with Gasteiger partial charge in [0.2, 0.25) is 0 Å². The van der Waals surface area contributed by atoms with Crippen LogP contribution < -0.4 is 0 Å². The van der Waals surface area contributed by atoms with Crippen molar-refractivity contribution < 1.29 is 0 Å². The van der Waals surface area contributed by atoms with Crippen molar-refractivity contribution in [3.63, 3.8) is 0 Å². The van der Waals surface area contributed by atoms with Gasteiger partial charge in [0.25, 0.3) is 0 Å². The molecule has 4 aromatic rings. The van der Waals surface area contributed by atoms with Crippen LogP contribution >= 0.6 is 11.6 Å². The van der Waals surface area contributed by atoms with Gasteiger partial charge in [0.1, 0.15) is 0 Å². The Balaban J connectivity index is 2.04. The fourth-order valence-electron chi connectivity index (χ4n) is 2.90. The van der Waals surface area contributed by atoms with Crippen LogP contribution in [0.15, 0.2) is 60.9 Å². The number of nitrogens with zero attached hydrogens (tertiary/aromatic N) is 2. The van der Waals surface area contributed by atoms with Crippen LogP contribution in [0.3, 0.4) is 0 Å². The lowest BCUT2D eigenvalue weighted by atomic mass is 10.0. The third kappa shape index (κ3) is 1.91. The van der Waals surface area contributed by atoms with Crippen molar-refractivity contribution in [3.05, 3.63) is 65.9 Å². The van der Waals surface area contributed by atoms with E-state index in [0.29, 0.717) is 0 Å². The first-order chi connectivity index (χ1) is 10.2. The number of aromatic nitrogens is 2. The minimum atomic E-state index is 0.759. The first-order valence-corrected chi connectivity index (χ1v) is 7.20. The van der Waals surface area contributed by atoms with Gasteiger partial charge in [-0.25, -0.2) is 0 Å². The molecule has 0 amide bonds. The fourth-order valence-corrected chi connectivity index (χ4v) is 3.09. The van der Waals surface area contributed by atoms with Gasteiger partial charge >= 0.3 is 0 Å². The number of pyridine rings is 1. The second-order valence-corrected chi connectivity index (χ2v) is 5.63. The highest BCUT2D eigenvalue weighted by Gasteiger charge is 2.09. The molecule has 2 aromatic heterocycles. The molecule has 0 spiro atoms. The van der Waals surface area contributed by atoms with Crippen molar-refractivity contribution in [2.45, 2.75) is 0 Å². The number of hydrogen-bond acceptors (Lipinski definition) is 1. The van der Waals surface area contributed by atoms with Crippen molar-refractivity contribution in [2.24, 2.45) is 7.05 Å². The van der Waals surface area contributed by atoms with E-state index in [1.54, 1.807) is 0 Å². The number of aryl methyl sites for hydroxylation is 1. The topological polar surface area (TPSA) is 17.8 Å². The van der Waals surface area contributed by atoms with E-state index in [9.17, 15) is 0 Å². The van der Waals surface area contributed by atoms with Gasteiger partial charge in [-0.3, -0.25) is 4.98 Å². The molecule has 0 saturated carbocycles. The molecule has 21 heavy (non-hydrogen) atoms. The quantitative estimate of drug-likeness (QED) is 0.480. The molecule has 0 aliphatic carbocycles. The van der Waals surface area contributed by atoms with Crippen LogP contribution in [-0.2, 0) is 7.05 Å². The second kappa shape index (κ2) is 4.61. The summed E-state index contributed by atoms with van der Waals surface area (Å²) in [6.07, 6.45) is 3.75. The highest BCUT2D eigenvalue weighted by Crippen LogP contribution is 2.32. The molecular formula is C18H13ClN2. The van der Waals surface area contributed by atoms with Gasteiger partial charge in [-0.05, 0) is 41.5 Å². The van der Waals surface area contributed by atoms with E-state index in [2.05, 4.69) is 46.9 Å². The predicted molar refractivity (Wildman–Crippen MR) is 88.7 cm³/mol. The second-order valence-electron chi connectivity index (χ2n) is 5.19. The van der Waals surface area contributed by atoms with Gasteiger partial charge < -0.3 is 4.57 Å². The van der Waals surface area contributed by atoms with Crippen molar-refractivity contribution in [1.82, 2.24) is 9.55 Å². The molecule has 0 aliphatic rings. The largest absolute Gasteiger partial charge is 0.342 e. The third-order valence-electron chi connectivity index (χ3n) is 3.97. The molecule has 2 nitrogen and oxygen atoms in total. The van der Waals surface area contributed by atoms with Crippen molar-refractivity contribution in [2.75, 3.05) is 0 Å². The van der Waals surface area contributed by atoms with Crippen molar-refractivity contribution >= 4 is 33.4 Å². The predicted octanol–water partition coefficient (Wildman–Crippen LogP) is 5.05. The Morgan fingerprint density at radius 1 is 0.905 bits per heavy atom. The monoisotopic (exact) mass is 292 g/mol. The standard InChI is InChI=1S/C18H13ClN2/c1-21-17-6-5-13(12-3-2-4-14(19)9-12)10-16(17)15-7-8-20-11-18(15)21/h2-11H,1H3. The van der Waals surface area contributed by atoms with Crippen LogP contribution in [0.4, 0.5) is 0 Å². The highest BCUT2D eigenvalue weighted by atomic mass is 35.5. The molecule has 3 heteroatoms. The zero-order chi connectivity index (χ0) is 14.4. The Morgan fingerprint density at radius 3 is 2.62 bits per heavy atom. The zero-order valence-corrected chi connectivity index (χ0v) is 12.3. The summed E-state index contributed by atoms with van der Waals surface area (Å²) in [5, 5.41) is 3.23. The Morgan fingerprint density at radius 2 is 1.76 bits per heavy atom. The molecule has 2 aromatic carbocycles. The van der Waals surface area contributed by atoms with Gasteiger partial charge in [0.05, 0.1) is 11.7 Å². The van der Waals surface area contributed by atoms with Crippen LogP contribution in [0.5, 0.6) is 0 Å². The Labute approximate surface area is 127 Å². The molecule has 102 valence electrons. The van der Waals surface area contributed by atoms with Gasteiger partial charge in [-0.15, -0.1) is 0 Å². The van der Waals surface area contributed by atoms with Gasteiger partial charge in [-0.2, -0.15) is 0 Å². The van der Waals surface area contributed by atoms with Crippen molar-refractivity contribution in [3.8, 4) is 11.1 Å². The Kier molecular flexibility index (Phi) is 2.72. The van der Waals surface area contributed by atoms with E-state index in [0.717, 1.165) is 16.1 Å². The maximum atomic E-state index is 6.10. The zero-order valence-electron chi connectivity index (χ0n) is 11.5. The number of halogens is 1. The van der Waals surface area contributed by atoms with Gasteiger partial charge in [-0.1, -0.05) is 29.8 Å². The van der Waals surface area contributed by atoms with Crippen LogP contribution in [0.25, 0.3) is 32.9 Å². The lowest BCUT2D eigenvalue weighted by Gasteiger charge is -2.03. The van der Waals surface area contributed by atoms with E-state index >= 15 is 0 Å². The maximum absolute atomic E-state index is 6.10. The van der Waals surface area contributed by atoms with E-state index in [1.807, 2.05) is 30.6 Å². The molecule has 0 atom stereocenters. The van der Waals surface area contributed by atoms with E-state index in [1.165, 1.54) is 21.9 Å². The summed E-state index contributed by atoms with van der Waals surface area (Å²) >= 11 is 6.10.